The number of likely N-dealkylation sites (tertiary alicyclic amines) is 1. The number of hydrogen-bond donors (Lipinski definition) is 1. The van der Waals surface area contributed by atoms with Crippen molar-refractivity contribution in [3.05, 3.63) is 0 Å². The predicted molar refractivity (Wildman–Crippen MR) is 46.9 cm³/mol. The molecule has 62 valence electrons. The summed E-state index contributed by atoms with van der Waals surface area (Å²) in [6.45, 7) is 2.48. The molecule has 1 saturated heterocycles. The van der Waals surface area contributed by atoms with Crippen molar-refractivity contribution in [2.45, 2.75) is 6.04 Å². The smallest absolute Gasteiger partial charge is 0.0127 e. The van der Waals surface area contributed by atoms with Crippen molar-refractivity contribution >= 4 is 24.8 Å². The molecule has 2 atom stereocenters. The lowest BCUT2D eigenvalue weighted by atomic mass is 10.4. The number of halogens is 2. The highest BCUT2D eigenvalue weighted by atomic mass is 35.5. The SMILES string of the molecule is CN1CC2C(N)C2C1.Cl.Cl. The normalized spacial score (nSPS) is 43.2. The Bertz CT molecular complexity index is 108. The molecule has 1 saturated carbocycles. The van der Waals surface area contributed by atoms with Gasteiger partial charge in [0.1, 0.15) is 0 Å². The average Bonchev–Trinajstić information content (AvgIpc) is 2.29. The molecule has 10 heavy (non-hydrogen) atoms. The van der Waals surface area contributed by atoms with Crippen LogP contribution in [0.25, 0.3) is 0 Å². The fraction of sp³-hybridized carbons (Fsp3) is 1.00. The number of nitrogens with zero attached hydrogens (tertiary/aromatic N) is 1. The molecule has 0 spiro atoms. The molecular formula is C6H14Cl2N2. The lowest BCUT2D eigenvalue weighted by Gasteiger charge is -2.09. The molecule has 0 bridgehead atoms. The van der Waals surface area contributed by atoms with Gasteiger partial charge in [0.05, 0.1) is 0 Å². The van der Waals surface area contributed by atoms with E-state index in [1.165, 1.54) is 13.1 Å². The average molecular weight is 185 g/mol. The minimum absolute atomic E-state index is 0. The number of nitrogens with two attached hydrogens (primary N) is 1. The second kappa shape index (κ2) is 3.26. The zero-order valence-corrected chi connectivity index (χ0v) is 7.62. The van der Waals surface area contributed by atoms with E-state index in [2.05, 4.69) is 11.9 Å². The van der Waals surface area contributed by atoms with E-state index < -0.39 is 0 Å². The third-order valence-corrected chi connectivity index (χ3v) is 2.44. The van der Waals surface area contributed by atoms with Crippen LogP contribution in [0.2, 0.25) is 0 Å². The molecule has 2 aliphatic rings. The first-order valence-electron chi connectivity index (χ1n) is 3.23. The summed E-state index contributed by atoms with van der Waals surface area (Å²) in [7, 11) is 2.17. The molecule has 0 aromatic heterocycles. The lowest BCUT2D eigenvalue weighted by Crippen LogP contribution is -2.24. The van der Waals surface area contributed by atoms with Crippen molar-refractivity contribution in [1.82, 2.24) is 4.90 Å². The zero-order valence-electron chi connectivity index (χ0n) is 5.99. The third-order valence-electron chi connectivity index (χ3n) is 2.44. The third kappa shape index (κ3) is 1.40. The first-order chi connectivity index (χ1) is 3.79. The van der Waals surface area contributed by atoms with Gasteiger partial charge in [-0.1, -0.05) is 0 Å². The van der Waals surface area contributed by atoms with E-state index in [0.29, 0.717) is 6.04 Å². The summed E-state index contributed by atoms with van der Waals surface area (Å²) in [5.41, 5.74) is 5.71. The van der Waals surface area contributed by atoms with Gasteiger partial charge in [0.15, 0.2) is 0 Å². The predicted octanol–water partition coefficient (Wildman–Crippen LogP) is 0.349. The molecule has 2 rings (SSSR count). The Kier molecular flexibility index (Phi) is 3.43. The van der Waals surface area contributed by atoms with Gasteiger partial charge in [0.2, 0.25) is 0 Å². The number of rotatable bonds is 0. The standard InChI is InChI=1S/C6H12N2.2ClH/c1-8-2-4-5(3-8)6(4)7;;/h4-6H,2-3,7H2,1H3;2*1H. The Morgan fingerprint density at radius 1 is 1.20 bits per heavy atom. The van der Waals surface area contributed by atoms with Crippen molar-refractivity contribution in [3.8, 4) is 0 Å². The van der Waals surface area contributed by atoms with Crippen molar-refractivity contribution in [3.63, 3.8) is 0 Å². The molecule has 0 aromatic rings. The van der Waals surface area contributed by atoms with Crippen LogP contribution in [0.3, 0.4) is 0 Å². The van der Waals surface area contributed by atoms with E-state index in [4.69, 9.17) is 5.73 Å². The Morgan fingerprint density at radius 3 is 1.90 bits per heavy atom. The largest absolute Gasteiger partial charge is 0.327 e. The van der Waals surface area contributed by atoms with Gasteiger partial charge >= 0.3 is 0 Å². The van der Waals surface area contributed by atoms with Gasteiger partial charge in [-0.05, 0) is 18.9 Å². The highest BCUT2D eigenvalue weighted by Gasteiger charge is 2.52. The summed E-state index contributed by atoms with van der Waals surface area (Å²) >= 11 is 0. The molecule has 2 N–H and O–H groups in total. The van der Waals surface area contributed by atoms with Gasteiger partial charge in [-0.25, -0.2) is 0 Å². The summed E-state index contributed by atoms with van der Waals surface area (Å²) in [6, 6.07) is 0.561. The molecule has 4 heteroatoms. The fourth-order valence-electron chi connectivity index (χ4n) is 1.78. The van der Waals surface area contributed by atoms with Crippen LogP contribution in [0, 0.1) is 11.8 Å². The van der Waals surface area contributed by atoms with Gasteiger partial charge < -0.3 is 10.6 Å². The Morgan fingerprint density at radius 2 is 1.60 bits per heavy atom. The summed E-state index contributed by atoms with van der Waals surface area (Å²) in [6.07, 6.45) is 0. The zero-order chi connectivity index (χ0) is 5.72. The van der Waals surface area contributed by atoms with Crippen LogP contribution < -0.4 is 5.73 Å². The van der Waals surface area contributed by atoms with Crippen LogP contribution >= 0.6 is 24.8 Å². The maximum Gasteiger partial charge on any atom is 0.0127 e. The minimum Gasteiger partial charge on any atom is -0.327 e. The van der Waals surface area contributed by atoms with E-state index >= 15 is 0 Å². The van der Waals surface area contributed by atoms with Gasteiger partial charge in [-0.15, -0.1) is 24.8 Å². The van der Waals surface area contributed by atoms with Gasteiger partial charge in [0, 0.05) is 19.1 Å². The van der Waals surface area contributed by atoms with Crippen LogP contribution in [0.1, 0.15) is 0 Å². The Hall–Kier alpha value is 0.500. The molecule has 1 heterocycles. The molecule has 0 aromatic carbocycles. The fourth-order valence-corrected chi connectivity index (χ4v) is 1.78. The first-order valence-corrected chi connectivity index (χ1v) is 3.23. The second-order valence-electron chi connectivity index (χ2n) is 3.13. The van der Waals surface area contributed by atoms with E-state index in [1.54, 1.807) is 0 Å². The minimum atomic E-state index is 0. The highest BCUT2D eigenvalue weighted by molar-refractivity contribution is 5.85. The maximum atomic E-state index is 5.71. The van der Waals surface area contributed by atoms with Crippen LogP contribution in [0.5, 0.6) is 0 Å². The lowest BCUT2D eigenvalue weighted by molar-refractivity contribution is 0.362. The van der Waals surface area contributed by atoms with Crippen molar-refractivity contribution in [2.75, 3.05) is 20.1 Å². The number of piperidine rings is 1. The maximum absolute atomic E-state index is 5.71. The van der Waals surface area contributed by atoms with Gasteiger partial charge in [-0.2, -0.15) is 0 Å². The molecule has 1 aliphatic heterocycles. The monoisotopic (exact) mass is 184 g/mol. The van der Waals surface area contributed by atoms with Gasteiger partial charge in [0.25, 0.3) is 0 Å². The van der Waals surface area contributed by atoms with Crippen molar-refractivity contribution in [1.29, 1.82) is 0 Å². The van der Waals surface area contributed by atoms with Crippen LogP contribution in [-0.4, -0.2) is 31.1 Å². The summed E-state index contributed by atoms with van der Waals surface area (Å²) in [5.74, 6) is 1.72. The van der Waals surface area contributed by atoms with Crippen molar-refractivity contribution in [2.24, 2.45) is 17.6 Å². The summed E-state index contributed by atoms with van der Waals surface area (Å²) in [5, 5.41) is 0. The second-order valence-corrected chi connectivity index (χ2v) is 3.13. The van der Waals surface area contributed by atoms with Gasteiger partial charge in [-0.3, -0.25) is 0 Å². The number of fused-ring (bicyclic) bond motifs is 1. The summed E-state index contributed by atoms with van der Waals surface area (Å²) < 4.78 is 0. The first kappa shape index (κ1) is 10.5. The summed E-state index contributed by atoms with van der Waals surface area (Å²) in [4.78, 5) is 2.36. The molecule has 1 aliphatic carbocycles. The van der Waals surface area contributed by atoms with Crippen LogP contribution in [0.15, 0.2) is 0 Å². The van der Waals surface area contributed by atoms with Crippen molar-refractivity contribution < 1.29 is 0 Å². The van der Waals surface area contributed by atoms with Crippen LogP contribution in [-0.2, 0) is 0 Å². The molecular weight excluding hydrogens is 171 g/mol. The molecule has 2 nitrogen and oxygen atoms in total. The molecule has 2 unspecified atom stereocenters. The molecule has 0 amide bonds. The highest BCUT2D eigenvalue weighted by Crippen LogP contribution is 2.42. The van der Waals surface area contributed by atoms with E-state index in [9.17, 15) is 0 Å². The quantitative estimate of drug-likeness (QED) is 0.590. The number of hydrogen-bond acceptors (Lipinski definition) is 2. The van der Waals surface area contributed by atoms with E-state index in [0.717, 1.165) is 11.8 Å². The van der Waals surface area contributed by atoms with E-state index in [1.807, 2.05) is 0 Å². The Labute approximate surface area is 74.0 Å². The topological polar surface area (TPSA) is 29.3 Å². The molecule has 2 fully saturated rings. The van der Waals surface area contributed by atoms with E-state index in [-0.39, 0.29) is 24.8 Å². The molecule has 0 radical (unpaired) electrons. The Balaban J connectivity index is 0.000000405. The van der Waals surface area contributed by atoms with Crippen LogP contribution in [0.4, 0.5) is 0 Å².